The predicted octanol–water partition coefficient (Wildman–Crippen LogP) is 3.93. The summed E-state index contributed by atoms with van der Waals surface area (Å²) in [5.41, 5.74) is 2.91. The molecule has 0 fully saturated rings. The second-order valence-electron chi connectivity index (χ2n) is 6.85. The molecule has 3 aromatic carbocycles. The molecule has 0 N–H and O–H groups in total. The number of carbonyl (C=O) groups is 3. The lowest BCUT2D eigenvalue weighted by Crippen LogP contribution is -2.35. The summed E-state index contributed by atoms with van der Waals surface area (Å²) in [7, 11) is 0. The number of esters is 1. The number of benzene rings is 3. The lowest BCUT2D eigenvalue weighted by atomic mass is 10.1. The number of rotatable bonds is 9. The summed E-state index contributed by atoms with van der Waals surface area (Å²) in [4.78, 5) is 37.5. The van der Waals surface area contributed by atoms with Crippen LogP contribution >= 0.6 is 0 Å². The maximum absolute atomic E-state index is 12.8. The quantitative estimate of drug-likeness (QED) is 0.403. The zero-order valence-electron chi connectivity index (χ0n) is 16.6. The van der Waals surface area contributed by atoms with E-state index >= 15 is 0 Å². The van der Waals surface area contributed by atoms with Crippen LogP contribution in [-0.4, -0.2) is 36.2 Å². The Hall–Kier alpha value is -3.73. The van der Waals surface area contributed by atoms with Gasteiger partial charge < -0.3 is 9.64 Å². The van der Waals surface area contributed by atoms with Crippen molar-refractivity contribution in [2.24, 2.45) is 0 Å². The van der Waals surface area contributed by atoms with Crippen molar-refractivity contribution in [1.82, 2.24) is 4.90 Å². The second kappa shape index (κ2) is 10.7. The van der Waals surface area contributed by atoms with Gasteiger partial charge in [-0.05, 0) is 29.7 Å². The number of ether oxygens (including phenoxy) is 1. The van der Waals surface area contributed by atoms with E-state index in [2.05, 4.69) is 0 Å². The number of hydrogen-bond acceptors (Lipinski definition) is 4. The van der Waals surface area contributed by atoms with Gasteiger partial charge in [-0.15, -0.1) is 0 Å². The fourth-order valence-electron chi connectivity index (χ4n) is 3.00. The molecule has 0 aliphatic rings. The molecule has 3 aromatic rings. The summed E-state index contributed by atoms with van der Waals surface area (Å²) >= 11 is 0. The van der Waals surface area contributed by atoms with Gasteiger partial charge in [0.05, 0.1) is 5.56 Å². The Balaban J connectivity index is 1.62. The molecule has 0 saturated heterocycles. The smallest absolute Gasteiger partial charge is 0.338 e. The van der Waals surface area contributed by atoms with E-state index in [0.717, 1.165) is 11.1 Å². The summed E-state index contributed by atoms with van der Waals surface area (Å²) in [5, 5.41) is 0. The highest BCUT2D eigenvalue weighted by Gasteiger charge is 2.17. The van der Waals surface area contributed by atoms with Gasteiger partial charge in [-0.3, -0.25) is 9.59 Å². The number of carbonyl (C=O) groups excluding carboxylic acids is 3. The van der Waals surface area contributed by atoms with Gasteiger partial charge in [0.2, 0.25) is 0 Å². The highest BCUT2D eigenvalue weighted by Crippen LogP contribution is 2.09. The summed E-state index contributed by atoms with van der Waals surface area (Å²) in [6.07, 6.45) is 1.41. The van der Waals surface area contributed by atoms with Crippen molar-refractivity contribution in [2.75, 3.05) is 13.2 Å². The number of amides is 1. The Morgan fingerprint density at radius 2 is 1.40 bits per heavy atom. The molecule has 0 bridgehead atoms. The minimum atomic E-state index is -0.594. The molecule has 0 radical (unpaired) electrons. The van der Waals surface area contributed by atoms with Gasteiger partial charge in [-0.2, -0.15) is 0 Å². The minimum absolute atomic E-state index is 0.257. The third-order valence-corrected chi connectivity index (χ3v) is 4.69. The van der Waals surface area contributed by atoms with Crippen molar-refractivity contribution in [3.8, 4) is 0 Å². The highest BCUT2D eigenvalue weighted by atomic mass is 16.5. The van der Waals surface area contributed by atoms with Crippen LogP contribution in [0, 0.1) is 0 Å². The van der Waals surface area contributed by atoms with Crippen molar-refractivity contribution >= 4 is 18.2 Å². The van der Waals surface area contributed by atoms with E-state index in [-0.39, 0.29) is 12.5 Å². The number of hydrogen-bond donors (Lipinski definition) is 0. The van der Waals surface area contributed by atoms with Crippen LogP contribution in [0.25, 0.3) is 0 Å². The topological polar surface area (TPSA) is 63.7 Å². The fraction of sp³-hybridized carbons (Fsp3) is 0.160. The molecular formula is C25H23NO4. The van der Waals surface area contributed by atoms with Crippen molar-refractivity contribution in [2.45, 2.75) is 13.0 Å². The molecule has 0 aromatic heterocycles. The zero-order valence-corrected chi connectivity index (χ0v) is 16.6. The first-order valence-corrected chi connectivity index (χ1v) is 9.73. The summed E-state index contributed by atoms with van der Waals surface area (Å²) in [5.74, 6) is -0.851. The third kappa shape index (κ3) is 6.14. The van der Waals surface area contributed by atoms with Crippen LogP contribution in [0.2, 0.25) is 0 Å². The second-order valence-corrected chi connectivity index (χ2v) is 6.85. The van der Waals surface area contributed by atoms with Crippen molar-refractivity contribution in [1.29, 1.82) is 0 Å². The molecule has 30 heavy (non-hydrogen) atoms. The van der Waals surface area contributed by atoms with E-state index in [0.29, 0.717) is 36.9 Å². The van der Waals surface area contributed by atoms with E-state index in [1.165, 1.54) is 24.3 Å². The molecule has 0 aliphatic heterocycles. The van der Waals surface area contributed by atoms with E-state index in [4.69, 9.17) is 4.74 Å². The Morgan fingerprint density at radius 1 is 0.800 bits per heavy atom. The third-order valence-electron chi connectivity index (χ3n) is 4.69. The summed E-state index contributed by atoms with van der Waals surface area (Å²) in [6.45, 7) is 0.622. The SMILES string of the molecule is O=Cc1ccc(C(=O)OCC(=O)N(CCc2ccccc2)Cc2ccccc2)cc1. The van der Waals surface area contributed by atoms with Crippen LogP contribution in [0.5, 0.6) is 0 Å². The predicted molar refractivity (Wildman–Crippen MR) is 114 cm³/mol. The lowest BCUT2D eigenvalue weighted by Gasteiger charge is -2.23. The molecule has 0 aliphatic carbocycles. The fourth-order valence-corrected chi connectivity index (χ4v) is 3.00. The molecule has 0 saturated carbocycles. The van der Waals surface area contributed by atoms with E-state index in [1.807, 2.05) is 60.7 Å². The molecule has 0 unspecified atom stereocenters. The van der Waals surface area contributed by atoms with Crippen molar-refractivity contribution in [3.05, 3.63) is 107 Å². The molecule has 0 spiro atoms. The summed E-state index contributed by atoms with van der Waals surface area (Å²) < 4.78 is 5.22. The van der Waals surface area contributed by atoms with Gasteiger partial charge in [0.15, 0.2) is 6.61 Å². The van der Waals surface area contributed by atoms with Gasteiger partial charge in [0, 0.05) is 18.7 Å². The standard InChI is InChI=1S/C25H23NO4/c27-18-22-11-13-23(14-12-22)25(29)30-19-24(28)26(17-21-9-5-2-6-10-21)16-15-20-7-3-1-4-8-20/h1-14,18H,15-17,19H2. The molecular weight excluding hydrogens is 378 g/mol. The van der Waals surface area contributed by atoms with Gasteiger partial charge in [-0.1, -0.05) is 72.8 Å². The highest BCUT2D eigenvalue weighted by molar-refractivity contribution is 5.92. The molecule has 152 valence electrons. The van der Waals surface area contributed by atoms with E-state index < -0.39 is 5.97 Å². The van der Waals surface area contributed by atoms with Gasteiger partial charge in [-0.25, -0.2) is 4.79 Å². The molecule has 0 atom stereocenters. The number of nitrogens with zero attached hydrogens (tertiary/aromatic N) is 1. The van der Waals surface area contributed by atoms with Gasteiger partial charge in [0.1, 0.15) is 6.29 Å². The first kappa shape index (κ1) is 21.0. The van der Waals surface area contributed by atoms with Gasteiger partial charge in [0.25, 0.3) is 5.91 Å². The first-order valence-electron chi connectivity index (χ1n) is 9.73. The maximum Gasteiger partial charge on any atom is 0.338 e. The van der Waals surface area contributed by atoms with Crippen LogP contribution in [0.15, 0.2) is 84.9 Å². The molecule has 0 heterocycles. The molecule has 5 nitrogen and oxygen atoms in total. The average molecular weight is 401 g/mol. The normalized spacial score (nSPS) is 10.3. The summed E-state index contributed by atoms with van der Waals surface area (Å²) in [6, 6.07) is 25.7. The Labute approximate surface area is 175 Å². The average Bonchev–Trinajstić information content (AvgIpc) is 2.81. The maximum atomic E-state index is 12.8. The van der Waals surface area contributed by atoms with Crippen molar-refractivity contribution < 1.29 is 19.1 Å². The Bertz CT molecular complexity index is 969. The van der Waals surface area contributed by atoms with Crippen LogP contribution in [0.1, 0.15) is 31.8 Å². The Morgan fingerprint density at radius 3 is 2.00 bits per heavy atom. The van der Waals surface area contributed by atoms with E-state index in [9.17, 15) is 14.4 Å². The van der Waals surface area contributed by atoms with Gasteiger partial charge >= 0.3 is 5.97 Å². The molecule has 5 heteroatoms. The zero-order chi connectivity index (χ0) is 21.2. The van der Waals surface area contributed by atoms with Crippen LogP contribution in [-0.2, 0) is 22.5 Å². The van der Waals surface area contributed by atoms with E-state index in [1.54, 1.807) is 4.90 Å². The Kier molecular flexibility index (Phi) is 7.50. The molecule has 3 rings (SSSR count). The molecule has 1 amide bonds. The minimum Gasteiger partial charge on any atom is -0.452 e. The van der Waals surface area contributed by atoms with Crippen molar-refractivity contribution in [3.63, 3.8) is 0 Å². The van der Waals surface area contributed by atoms with Crippen LogP contribution in [0.3, 0.4) is 0 Å². The van der Waals surface area contributed by atoms with Crippen LogP contribution in [0.4, 0.5) is 0 Å². The number of aldehydes is 1. The largest absolute Gasteiger partial charge is 0.452 e. The monoisotopic (exact) mass is 401 g/mol. The lowest BCUT2D eigenvalue weighted by molar-refractivity contribution is -0.135. The first-order chi connectivity index (χ1) is 14.7. The van der Waals surface area contributed by atoms with Crippen LogP contribution < -0.4 is 0 Å².